The number of hydrogen-bond donors (Lipinski definition) is 2. The molecule has 1 amide bonds. The molecule has 4 nitrogen and oxygen atoms in total. The van der Waals surface area contributed by atoms with Gasteiger partial charge in [0, 0.05) is 6.54 Å². The molecular weight excluding hydrogens is 254 g/mol. The van der Waals surface area contributed by atoms with Gasteiger partial charge in [-0.2, -0.15) is 0 Å². The summed E-state index contributed by atoms with van der Waals surface area (Å²) < 4.78 is 5.60. The number of aliphatic hydroxyl groups is 1. The maximum atomic E-state index is 11.7. The number of carbonyl (C=O) groups is 1. The Labute approximate surface area is 120 Å². The molecule has 0 bridgehead atoms. The molecule has 1 aromatic rings. The SMILES string of the molecule is Cc1ccccc1OCCC(=O)NCC1CCC(O)C1. The molecule has 1 aliphatic rings. The van der Waals surface area contributed by atoms with Crippen LogP contribution in [0.5, 0.6) is 5.75 Å². The van der Waals surface area contributed by atoms with Crippen LogP contribution in [0.15, 0.2) is 24.3 Å². The van der Waals surface area contributed by atoms with Gasteiger partial charge < -0.3 is 15.2 Å². The van der Waals surface area contributed by atoms with E-state index in [1.807, 2.05) is 31.2 Å². The van der Waals surface area contributed by atoms with Crippen molar-refractivity contribution in [1.82, 2.24) is 5.32 Å². The van der Waals surface area contributed by atoms with E-state index in [1.165, 1.54) is 0 Å². The highest BCUT2D eigenvalue weighted by molar-refractivity contribution is 5.75. The molecule has 1 fully saturated rings. The molecule has 0 aliphatic heterocycles. The Morgan fingerprint density at radius 2 is 2.20 bits per heavy atom. The van der Waals surface area contributed by atoms with Gasteiger partial charge >= 0.3 is 0 Å². The summed E-state index contributed by atoms with van der Waals surface area (Å²) in [6.07, 6.45) is 2.85. The first-order chi connectivity index (χ1) is 9.65. The van der Waals surface area contributed by atoms with E-state index in [1.54, 1.807) is 0 Å². The summed E-state index contributed by atoms with van der Waals surface area (Å²) in [6.45, 7) is 3.05. The summed E-state index contributed by atoms with van der Waals surface area (Å²) in [6, 6.07) is 7.78. The first-order valence-corrected chi connectivity index (χ1v) is 7.28. The monoisotopic (exact) mass is 277 g/mol. The predicted octanol–water partition coefficient (Wildman–Crippen LogP) is 2.04. The lowest BCUT2D eigenvalue weighted by Gasteiger charge is -2.12. The number of rotatable bonds is 6. The third-order valence-electron chi connectivity index (χ3n) is 3.78. The minimum absolute atomic E-state index is 0.0139. The van der Waals surface area contributed by atoms with Crippen LogP contribution in [0.3, 0.4) is 0 Å². The molecule has 2 rings (SSSR count). The Kier molecular flexibility index (Phi) is 5.41. The molecule has 0 radical (unpaired) electrons. The van der Waals surface area contributed by atoms with Crippen molar-refractivity contribution < 1.29 is 14.6 Å². The zero-order valence-electron chi connectivity index (χ0n) is 12.0. The lowest BCUT2D eigenvalue weighted by molar-refractivity contribution is -0.121. The lowest BCUT2D eigenvalue weighted by Crippen LogP contribution is -2.29. The second-order valence-electron chi connectivity index (χ2n) is 5.50. The topological polar surface area (TPSA) is 58.6 Å². The van der Waals surface area contributed by atoms with Crippen molar-refractivity contribution in [2.45, 2.75) is 38.7 Å². The fourth-order valence-corrected chi connectivity index (χ4v) is 2.55. The maximum absolute atomic E-state index is 11.7. The van der Waals surface area contributed by atoms with E-state index in [4.69, 9.17) is 4.74 Å². The number of aryl methyl sites for hydroxylation is 1. The van der Waals surface area contributed by atoms with Gasteiger partial charge in [0.05, 0.1) is 19.1 Å². The Morgan fingerprint density at radius 3 is 2.90 bits per heavy atom. The molecule has 0 aromatic heterocycles. The largest absolute Gasteiger partial charge is 0.493 e. The molecule has 4 heteroatoms. The average Bonchev–Trinajstić information content (AvgIpc) is 2.84. The molecule has 2 N–H and O–H groups in total. The quantitative estimate of drug-likeness (QED) is 0.836. The molecule has 1 saturated carbocycles. The number of ether oxygens (including phenoxy) is 1. The van der Waals surface area contributed by atoms with E-state index in [2.05, 4.69) is 5.32 Å². The second-order valence-corrected chi connectivity index (χ2v) is 5.50. The fourth-order valence-electron chi connectivity index (χ4n) is 2.55. The van der Waals surface area contributed by atoms with Gasteiger partial charge in [-0.3, -0.25) is 4.79 Å². The summed E-state index contributed by atoms with van der Waals surface area (Å²) in [5, 5.41) is 12.3. The summed E-state index contributed by atoms with van der Waals surface area (Å²) in [5.41, 5.74) is 1.08. The van der Waals surface area contributed by atoms with Crippen molar-refractivity contribution in [3.63, 3.8) is 0 Å². The van der Waals surface area contributed by atoms with E-state index < -0.39 is 0 Å². The minimum Gasteiger partial charge on any atom is -0.493 e. The number of amides is 1. The highest BCUT2D eigenvalue weighted by Gasteiger charge is 2.22. The Bertz CT molecular complexity index is 447. The van der Waals surface area contributed by atoms with Gasteiger partial charge in [-0.05, 0) is 43.7 Å². The number of nitrogens with one attached hydrogen (secondary N) is 1. The molecule has 0 heterocycles. The van der Waals surface area contributed by atoms with E-state index in [9.17, 15) is 9.90 Å². The predicted molar refractivity (Wildman–Crippen MR) is 77.6 cm³/mol. The van der Waals surface area contributed by atoms with Gasteiger partial charge in [0.2, 0.25) is 5.91 Å². The lowest BCUT2D eigenvalue weighted by atomic mass is 10.1. The standard InChI is InChI=1S/C16H23NO3/c1-12-4-2-3-5-15(12)20-9-8-16(19)17-11-13-6-7-14(18)10-13/h2-5,13-14,18H,6-11H2,1H3,(H,17,19). The van der Waals surface area contributed by atoms with Gasteiger partial charge in [0.1, 0.15) is 5.75 Å². The van der Waals surface area contributed by atoms with Crippen LogP contribution in [-0.4, -0.2) is 30.3 Å². The number of para-hydroxylation sites is 1. The van der Waals surface area contributed by atoms with Gasteiger partial charge in [-0.25, -0.2) is 0 Å². The Morgan fingerprint density at radius 1 is 1.40 bits per heavy atom. The number of aliphatic hydroxyl groups excluding tert-OH is 1. The number of hydrogen-bond acceptors (Lipinski definition) is 3. The Hall–Kier alpha value is -1.55. The summed E-state index contributed by atoms with van der Waals surface area (Å²) in [4.78, 5) is 11.7. The van der Waals surface area contributed by atoms with E-state index >= 15 is 0 Å². The van der Waals surface area contributed by atoms with Crippen LogP contribution in [0.4, 0.5) is 0 Å². The van der Waals surface area contributed by atoms with Gasteiger partial charge in [-0.1, -0.05) is 18.2 Å². The summed E-state index contributed by atoms with van der Waals surface area (Å²) in [5.74, 6) is 1.27. The third kappa shape index (κ3) is 4.53. The van der Waals surface area contributed by atoms with Crippen LogP contribution < -0.4 is 10.1 Å². The summed E-state index contributed by atoms with van der Waals surface area (Å²) >= 11 is 0. The van der Waals surface area contributed by atoms with Crippen LogP contribution in [0, 0.1) is 12.8 Å². The highest BCUT2D eigenvalue weighted by atomic mass is 16.5. The fraction of sp³-hybridized carbons (Fsp3) is 0.562. The molecule has 1 aromatic carbocycles. The van der Waals surface area contributed by atoms with Gasteiger partial charge in [0.25, 0.3) is 0 Å². The first kappa shape index (κ1) is 14.9. The summed E-state index contributed by atoms with van der Waals surface area (Å²) in [7, 11) is 0. The number of benzene rings is 1. The van der Waals surface area contributed by atoms with Gasteiger partial charge in [0.15, 0.2) is 0 Å². The van der Waals surface area contributed by atoms with E-state index in [0.29, 0.717) is 25.5 Å². The van der Waals surface area contributed by atoms with Crippen molar-refractivity contribution >= 4 is 5.91 Å². The maximum Gasteiger partial charge on any atom is 0.223 e. The van der Waals surface area contributed by atoms with Gasteiger partial charge in [-0.15, -0.1) is 0 Å². The molecule has 2 atom stereocenters. The van der Waals surface area contributed by atoms with Crippen LogP contribution in [-0.2, 0) is 4.79 Å². The molecular formula is C16H23NO3. The second kappa shape index (κ2) is 7.29. The minimum atomic E-state index is -0.179. The zero-order chi connectivity index (χ0) is 14.4. The van der Waals surface area contributed by atoms with E-state index in [0.717, 1.165) is 30.6 Å². The Balaban J connectivity index is 1.62. The molecule has 0 saturated heterocycles. The van der Waals surface area contributed by atoms with E-state index in [-0.39, 0.29) is 12.0 Å². The average molecular weight is 277 g/mol. The zero-order valence-corrected chi connectivity index (χ0v) is 12.0. The molecule has 1 aliphatic carbocycles. The van der Waals surface area contributed by atoms with Crippen molar-refractivity contribution in [3.05, 3.63) is 29.8 Å². The molecule has 20 heavy (non-hydrogen) atoms. The van der Waals surface area contributed by atoms with Crippen molar-refractivity contribution in [2.24, 2.45) is 5.92 Å². The highest BCUT2D eigenvalue weighted by Crippen LogP contribution is 2.24. The molecule has 2 unspecified atom stereocenters. The van der Waals surface area contributed by atoms with Crippen molar-refractivity contribution in [2.75, 3.05) is 13.2 Å². The number of carbonyl (C=O) groups excluding carboxylic acids is 1. The van der Waals surface area contributed by atoms with Crippen LogP contribution in [0.2, 0.25) is 0 Å². The molecule has 0 spiro atoms. The van der Waals surface area contributed by atoms with Crippen molar-refractivity contribution in [3.8, 4) is 5.75 Å². The normalized spacial score (nSPS) is 21.7. The first-order valence-electron chi connectivity index (χ1n) is 7.28. The van der Waals surface area contributed by atoms with Crippen LogP contribution in [0.1, 0.15) is 31.2 Å². The molecule has 110 valence electrons. The third-order valence-corrected chi connectivity index (χ3v) is 3.78. The van der Waals surface area contributed by atoms with Crippen LogP contribution in [0.25, 0.3) is 0 Å². The smallest absolute Gasteiger partial charge is 0.223 e. The van der Waals surface area contributed by atoms with Crippen LogP contribution >= 0.6 is 0 Å². The van der Waals surface area contributed by atoms with Crippen molar-refractivity contribution in [1.29, 1.82) is 0 Å².